The number of hydrogen-bond acceptors (Lipinski definition) is 4. The second-order valence-corrected chi connectivity index (χ2v) is 8.65. The minimum atomic E-state index is 0.0101. The van der Waals surface area contributed by atoms with Crippen molar-refractivity contribution in [3.63, 3.8) is 0 Å². The van der Waals surface area contributed by atoms with Crippen molar-refractivity contribution < 1.29 is 9.59 Å². The van der Waals surface area contributed by atoms with Gasteiger partial charge in [0.15, 0.2) is 5.78 Å². The van der Waals surface area contributed by atoms with Crippen LogP contribution in [-0.4, -0.2) is 46.7 Å². The van der Waals surface area contributed by atoms with Crippen LogP contribution in [0, 0.1) is 5.92 Å². The van der Waals surface area contributed by atoms with Gasteiger partial charge in [0.1, 0.15) is 0 Å². The molecule has 1 aromatic carbocycles. The number of hydrogen-bond donors (Lipinski definition) is 2. The van der Waals surface area contributed by atoms with Crippen molar-refractivity contribution in [3.05, 3.63) is 47.7 Å². The number of nitrogens with one attached hydrogen (secondary N) is 2. The van der Waals surface area contributed by atoms with Crippen molar-refractivity contribution in [3.8, 4) is 0 Å². The number of rotatable bonds is 5. The van der Waals surface area contributed by atoms with Crippen LogP contribution < -0.4 is 5.32 Å². The largest absolute Gasteiger partial charge is 0.347 e. The normalized spacial score (nSPS) is 26.7. The fourth-order valence-electron chi connectivity index (χ4n) is 4.22. The Morgan fingerprint density at radius 3 is 2.41 bits per heavy atom. The summed E-state index contributed by atoms with van der Waals surface area (Å²) < 4.78 is 0. The van der Waals surface area contributed by atoms with Crippen molar-refractivity contribution in [2.75, 3.05) is 13.1 Å². The number of fused-ring (bicyclic) bond motifs is 3. The minimum absolute atomic E-state index is 0.0101. The van der Waals surface area contributed by atoms with Crippen LogP contribution in [0.5, 0.6) is 0 Å². The molecule has 5 nitrogen and oxygen atoms in total. The summed E-state index contributed by atoms with van der Waals surface area (Å²) in [7, 11) is 0. The molecular formula is C21H25N3O2S. The van der Waals surface area contributed by atoms with Gasteiger partial charge in [-0.1, -0.05) is 11.8 Å². The third kappa shape index (κ3) is 3.82. The van der Waals surface area contributed by atoms with Gasteiger partial charge in [-0.25, -0.2) is 0 Å². The molecule has 6 heteroatoms. The second kappa shape index (κ2) is 7.52. The van der Waals surface area contributed by atoms with E-state index in [1.165, 1.54) is 12.8 Å². The maximum absolute atomic E-state index is 12.7. The van der Waals surface area contributed by atoms with Crippen molar-refractivity contribution in [1.29, 1.82) is 0 Å². The molecule has 0 aliphatic carbocycles. The van der Waals surface area contributed by atoms with Gasteiger partial charge in [-0.3, -0.25) is 14.5 Å². The predicted molar refractivity (Wildman–Crippen MR) is 106 cm³/mol. The van der Waals surface area contributed by atoms with Crippen LogP contribution >= 0.6 is 11.8 Å². The van der Waals surface area contributed by atoms with Crippen molar-refractivity contribution in [2.24, 2.45) is 5.92 Å². The SMILES string of the molecule is CC(=O)c1ccc(Sc2ccc(C(=O)NC3C4CCN(CC4)C3C)cc2)[nH]1. The average Bonchev–Trinajstić information content (AvgIpc) is 3.14. The first-order valence-corrected chi connectivity index (χ1v) is 10.4. The number of ketones is 1. The van der Waals surface area contributed by atoms with Gasteiger partial charge < -0.3 is 10.3 Å². The quantitative estimate of drug-likeness (QED) is 0.775. The fourth-order valence-corrected chi connectivity index (χ4v) is 5.04. The van der Waals surface area contributed by atoms with Crippen LogP contribution in [0.1, 0.15) is 47.5 Å². The first-order valence-electron chi connectivity index (χ1n) is 9.54. The maximum atomic E-state index is 12.7. The van der Waals surface area contributed by atoms with Crippen LogP contribution in [0.15, 0.2) is 46.3 Å². The van der Waals surface area contributed by atoms with Crippen LogP contribution in [0.25, 0.3) is 0 Å². The first kappa shape index (κ1) is 18.3. The van der Waals surface area contributed by atoms with Crippen LogP contribution in [0.3, 0.4) is 0 Å². The number of Topliss-reactive ketones (excluding diaryl/α,β-unsaturated/α-hetero) is 1. The summed E-state index contributed by atoms with van der Waals surface area (Å²) in [4.78, 5) is 30.7. The van der Waals surface area contributed by atoms with Gasteiger partial charge in [-0.15, -0.1) is 0 Å². The highest BCUT2D eigenvalue weighted by molar-refractivity contribution is 7.99. The third-order valence-electron chi connectivity index (χ3n) is 5.86. The lowest BCUT2D eigenvalue weighted by Crippen LogP contribution is -2.62. The Labute approximate surface area is 163 Å². The van der Waals surface area contributed by atoms with E-state index in [0.717, 1.165) is 23.0 Å². The molecular weight excluding hydrogens is 358 g/mol. The molecule has 1 aromatic heterocycles. The summed E-state index contributed by atoms with van der Waals surface area (Å²) >= 11 is 1.55. The number of aromatic amines is 1. The summed E-state index contributed by atoms with van der Waals surface area (Å²) in [6.45, 7) is 6.09. The third-order valence-corrected chi connectivity index (χ3v) is 6.82. The molecule has 2 aromatic rings. The number of benzene rings is 1. The van der Waals surface area contributed by atoms with E-state index in [2.05, 4.69) is 22.1 Å². The molecule has 27 heavy (non-hydrogen) atoms. The van der Waals surface area contributed by atoms with Gasteiger partial charge in [0.2, 0.25) is 0 Å². The summed E-state index contributed by atoms with van der Waals surface area (Å²) in [6.07, 6.45) is 2.37. The Morgan fingerprint density at radius 1 is 1.11 bits per heavy atom. The Hall–Kier alpha value is -2.05. The lowest BCUT2D eigenvalue weighted by Gasteiger charge is -2.49. The van der Waals surface area contributed by atoms with E-state index in [0.29, 0.717) is 23.2 Å². The van der Waals surface area contributed by atoms with Gasteiger partial charge in [0, 0.05) is 29.5 Å². The lowest BCUT2D eigenvalue weighted by atomic mass is 9.79. The Bertz CT molecular complexity index is 835. The molecule has 2 N–H and O–H groups in total. The van der Waals surface area contributed by atoms with Gasteiger partial charge in [-0.05, 0) is 75.2 Å². The Morgan fingerprint density at radius 2 is 1.81 bits per heavy atom. The summed E-state index contributed by atoms with van der Waals surface area (Å²) in [5, 5.41) is 4.19. The van der Waals surface area contributed by atoms with E-state index in [1.807, 2.05) is 30.3 Å². The number of piperidine rings is 3. The molecule has 3 saturated heterocycles. The number of aromatic nitrogens is 1. The summed E-state index contributed by atoms with van der Waals surface area (Å²) in [5.41, 5.74) is 1.30. The molecule has 0 spiro atoms. The van der Waals surface area contributed by atoms with Gasteiger partial charge in [0.05, 0.1) is 10.7 Å². The van der Waals surface area contributed by atoms with E-state index < -0.39 is 0 Å². The zero-order chi connectivity index (χ0) is 19.0. The lowest BCUT2D eigenvalue weighted by molar-refractivity contribution is 0.0217. The van der Waals surface area contributed by atoms with E-state index >= 15 is 0 Å². The molecule has 3 fully saturated rings. The number of nitrogens with zero attached hydrogens (tertiary/aromatic N) is 1. The van der Waals surface area contributed by atoms with Gasteiger partial charge >= 0.3 is 0 Å². The molecule has 0 saturated carbocycles. The Balaban J connectivity index is 1.39. The molecule has 4 heterocycles. The number of amides is 1. The molecule has 1 amide bonds. The van der Waals surface area contributed by atoms with E-state index in [1.54, 1.807) is 24.8 Å². The molecule has 142 valence electrons. The number of H-pyrrole nitrogens is 1. The zero-order valence-electron chi connectivity index (χ0n) is 15.7. The van der Waals surface area contributed by atoms with Gasteiger partial charge in [-0.2, -0.15) is 0 Å². The van der Waals surface area contributed by atoms with Crippen molar-refractivity contribution in [2.45, 2.75) is 48.7 Å². The Kier molecular flexibility index (Phi) is 5.10. The van der Waals surface area contributed by atoms with Gasteiger partial charge in [0.25, 0.3) is 5.91 Å². The van der Waals surface area contributed by atoms with Crippen LogP contribution in [-0.2, 0) is 0 Å². The maximum Gasteiger partial charge on any atom is 0.251 e. The number of carbonyl (C=O) groups excluding carboxylic acids is 2. The second-order valence-electron chi connectivity index (χ2n) is 7.53. The van der Waals surface area contributed by atoms with Crippen LogP contribution in [0.2, 0.25) is 0 Å². The van der Waals surface area contributed by atoms with Crippen molar-refractivity contribution >= 4 is 23.5 Å². The smallest absolute Gasteiger partial charge is 0.251 e. The molecule has 2 bridgehead atoms. The minimum Gasteiger partial charge on any atom is -0.347 e. The van der Waals surface area contributed by atoms with E-state index in [9.17, 15) is 9.59 Å². The number of carbonyl (C=O) groups is 2. The highest BCUT2D eigenvalue weighted by Crippen LogP contribution is 2.32. The molecule has 5 rings (SSSR count). The monoisotopic (exact) mass is 383 g/mol. The van der Waals surface area contributed by atoms with E-state index in [-0.39, 0.29) is 17.7 Å². The molecule has 2 atom stereocenters. The summed E-state index contributed by atoms with van der Waals surface area (Å²) in [6, 6.07) is 12.0. The first-order chi connectivity index (χ1) is 13.0. The average molecular weight is 384 g/mol. The summed E-state index contributed by atoms with van der Waals surface area (Å²) in [5.74, 6) is 0.638. The standard InChI is InChI=1S/C21H25N3O2S/c1-13-20(15-9-11-24(13)12-10-15)23-21(26)16-3-5-17(6-4-16)27-19-8-7-18(22-19)14(2)25/h3-8,13,15,20,22H,9-12H2,1-2H3,(H,23,26). The molecule has 2 unspecified atom stereocenters. The fraction of sp³-hybridized carbons (Fsp3) is 0.429. The highest BCUT2D eigenvalue weighted by Gasteiger charge is 2.40. The van der Waals surface area contributed by atoms with E-state index in [4.69, 9.17) is 0 Å². The van der Waals surface area contributed by atoms with Crippen LogP contribution in [0.4, 0.5) is 0 Å². The highest BCUT2D eigenvalue weighted by atomic mass is 32.2. The predicted octanol–water partition coefficient (Wildman–Crippen LogP) is 3.58. The zero-order valence-corrected chi connectivity index (χ0v) is 16.5. The molecule has 3 aliphatic heterocycles. The molecule has 3 aliphatic rings. The molecule has 0 radical (unpaired) electrons. The topological polar surface area (TPSA) is 65.2 Å². The van der Waals surface area contributed by atoms with Crippen molar-refractivity contribution in [1.82, 2.24) is 15.2 Å².